The zero-order valence-electron chi connectivity index (χ0n) is 18.1. The van der Waals surface area contributed by atoms with Crippen molar-refractivity contribution in [3.05, 3.63) is 52.8 Å². The fourth-order valence-electron chi connectivity index (χ4n) is 3.27. The molecule has 0 aliphatic carbocycles. The Labute approximate surface area is 194 Å². The summed E-state index contributed by atoms with van der Waals surface area (Å²) >= 11 is 0. The van der Waals surface area contributed by atoms with Gasteiger partial charge in [0, 0.05) is 19.2 Å². The van der Waals surface area contributed by atoms with Crippen LogP contribution in [0.2, 0.25) is 0 Å². The van der Waals surface area contributed by atoms with Gasteiger partial charge in [-0.3, -0.25) is 4.79 Å². The lowest BCUT2D eigenvalue weighted by Crippen LogP contribution is -2.24. The summed E-state index contributed by atoms with van der Waals surface area (Å²) in [5.41, 5.74) is -0.0770. The zero-order chi connectivity index (χ0) is 24.8. The molecular formula is C23H19N5O6. The first-order chi connectivity index (χ1) is 16.2. The summed E-state index contributed by atoms with van der Waals surface area (Å²) in [5.74, 6) is -2.49. The van der Waals surface area contributed by atoms with Crippen molar-refractivity contribution in [1.29, 1.82) is 10.5 Å². The van der Waals surface area contributed by atoms with Gasteiger partial charge in [0.2, 0.25) is 0 Å². The molecule has 0 radical (unpaired) electrons. The highest BCUT2D eigenvalue weighted by atomic mass is 16.4. The Morgan fingerprint density at radius 2 is 1.68 bits per heavy atom. The largest absolute Gasteiger partial charge is 0.478 e. The number of hydrazone groups is 1. The van der Waals surface area contributed by atoms with Crippen molar-refractivity contribution in [2.45, 2.75) is 19.8 Å². The second-order valence-electron chi connectivity index (χ2n) is 7.22. The Morgan fingerprint density at radius 3 is 2.21 bits per heavy atom. The van der Waals surface area contributed by atoms with Crippen LogP contribution >= 0.6 is 0 Å². The number of rotatable bonds is 9. The van der Waals surface area contributed by atoms with Crippen molar-refractivity contribution in [3.8, 4) is 12.1 Å². The third-order valence-electron chi connectivity index (χ3n) is 4.92. The summed E-state index contributed by atoms with van der Waals surface area (Å²) in [6.45, 7) is 2.33. The van der Waals surface area contributed by atoms with Gasteiger partial charge in [0.05, 0.1) is 53.1 Å². The SMILES string of the molecule is CC1=NN(c2cc(C(=O)O)cc(C(=O)O)c2)C(=O)C1=Cc1ccc(N(CCC#N)CCC#N)o1. The van der Waals surface area contributed by atoms with Crippen molar-refractivity contribution in [1.82, 2.24) is 0 Å². The molecule has 172 valence electrons. The van der Waals surface area contributed by atoms with E-state index in [9.17, 15) is 24.6 Å². The Bertz CT molecular complexity index is 1240. The second-order valence-corrected chi connectivity index (χ2v) is 7.22. The molecular weight excluding hydrogens is 442 g/mol. The van der Waals surface area contributed by atoms with E-state index in [1.807, 2.05) is 12.1 Å². The molecule has 2 aromatic rings. The number of carboxylic acid groups (broad SMARTS) is 2. The van der Waals surface area contributed by atoms with Crippen molar-refractivity contribution in [2.24, 2.45) is 5.10 Å². The number of anilines is 2. The third-order valence-corrected chi connectivity index (χ3v) is 4.92. The van der Waals surface area contributed by atoms with Gasteiger partial charge in [-0.05, 0) is 37.3 Å². The summed E-state index contributed by atoms with van der Waals surface area (Å²) in [6.07, 6.45) is 1.96. The van der Waals surface area contributed by atoms with Gasteiger partial charge in [-0.15, -0.1) is 0 Å². The molecule has 0 fully saturated rings. The summed E-state index contributed by atoms with van der Waals surface area (Å²) in [6, 6.07) is 10.7. The highest BCUT2D eigenvalue weighted by Crippen LogP contribution is 2.28. The van der Waals surface area contributed by atoms with E-state index in [2.05, 4.69) is 5.10 Å². The molecule has 1 aliphatic heterocycles. The van der Waals surface area contributed by atoms with Crippen molar-refractivity contribution < 1.29 is 29.0 Å². The van der Waals surface area contributed by atoms with Crippen molar-refractivity contribution >= 4 is 41.2 Å². The number of furan rings is 1. The van der Waals surface area contributed by atoms with Gasteiger partial charge in [-0.25, -0.2) is 9.59 Å². The smallest absolute Gasteiger partial charge is 0.335 e. The number of benzene rings is 1. The number of nitrogens with zero attached hydrogens (tertiary/aromatic N) is 5. The van der Waals surface area contributed by atoms with Gasteiger partial charge >= 0.3 is 11.9 Å². The lowest BCUT2D eigenvalue weighted by atomic mass is 10.1. The van der Waals surface area contributed by atoms with E-state index in [1.54, 1.807) is 24.0 Å². The van der Waals surface area contributed by atoms with E-state index in [0.717, 1.165) is 11.1 Å². The van der Waals surface area contributed by atoms with E-state index < -0.39 is 17.8 Å². The number of carbonyl (C=O) groups excluding carboxylic acids is 1. The Morgan fingerprint density at radius 1 is 1.09 bits per heavy atom. The summed E-state index contributed by atoms with van der Waals surface area (Å²) < 4.78 is 5.79. The van der Waals surface area contributed by atoms with Crippen LogP contribution in [-0.2, 0) is 4.79 Å². The van der Waals surface area contributed by atoms with Gasteiger partial charge < -0.3 is 19.5 Å². The average Bonchev–Trinajstić information content (AvgIpc) is 3.39. The fraction of sp³-hybridized carbons (Fsp3) is 0.217. The van der Waals surface area contributed by atoms with Crippen LogP contribution in [0.25, 0.3) is 6.08 Å². The molecule has 0 saturated carbocycles. The predicted molar refractivity (Wildman–Crippen MR) is 120 cm³/mol. The standard InChI is InChI=1S/C23H19N5O6/c1-14-19(13-18-4-5-20(34-18)27(8-2-6-24)9-3-7-25)21(29)28(26-14)17-11-15(22(30)31)10-16(12-17)23(32)33/h4-5,10-13H,2-3,8-9H2,1H3,(H,30,31)(H,32,33). The minimum Gasteiger partial charge on any atom is -0.478 e. The normalized spacial score (nSPS) is 14.0. The highest BCUT2D eigenvalue weighted by molar-refractivity contribution is 6.32. The Balaban J connectivity index is 1.90. The molecule has 3 rings (SSSR count). The van der Waals surface area contributed by atoms with E-state index in [-0.39, 0.29) is 35.2 Å². The molecule has 11 nitrogen and oxygen atoms in total. The first kappa shape index (κ1) is 23.8. The number of carboxylic acids is 2. The fourth-order valence-corrected chi connectivity index (χ4v) is 3.27. The zero-order valence-corrected chi connectivity index (χ0v) is 18.1. The first-order valence-corrected chi connectivity index (χ1v) is 10.1. The lowest BCUT2D eigenvalue weighted by Gasteiger charge is -2.18. The minimum atomic E-state index is -1.34. The quantitative estimate of drug-likeness (QED) is 0.532. The maximum atomic E-state index is 13.0. The Hall–Kier alpha value is -4.90. The third kappa shape index (κ3) is 5.11. The van der Waals surface area contributed by atoms with Crippen LogP contribution in [0.3, 0.4) is 0 Å². The van der Waals surface area contributed by atoms with E-state index in [0.29, 0.717) is 30.4 Å². The molecule has 0 spiro atoms. The molecule has 0 unspecified atom stereocenters. The molecule has 11 heteroatoms. The number of nitriles is 2. The molecule has 0 bridgehead atoms. The van der Waals surface area contributed by atoms with Crippen molar-refractivity contribution in [2.75, 3.05) is 23.0 Å². The van der Waals surface area contributed by atoms with E-state index in [1.165, 1.54) is 18.2 Å². The highest BCUT2D eigenvalue weighted by Gasteiger charge is 2.30. The first-order valence-electron chi connectivity index (χ1n) is 10.1. The van der Waals surface area contributed by atoms with Gasteiger partial charge in [-0.1, -0.05) is 0 Å². The molecule has 1 amide bonds. The topological polar surface area (TPSA) is 171 Å². The van der Waals surface area contributed by atoms with Crippen LogP contribution in [0.5, 0.6) is 0 Å². The number of amides is 1. The van der Waals surface area contributed by atoms with Crippen LogP contribution in [0, 0.1) is 22.7 Å². The monoisotopic (exact) mass is 461 g/mol. The number of hydrogen-bond donors (Lipinski definition) is 2. The maximum absolute atomic E-state index is 13.0. The minimum absolute atomic E-state index is 0.00404. The van der Waals surface area contributed by atoms with E-state index in [4.69, 9.17) is 14.9 Å². The van der Waals surface area contributed by atoms with Gasteiger partial charge in [0.25, 0.3) is 5.91 Å². The molecule has 0 atom stereocenters. The van der Waals surface area contributed by atoms with Crippen LogP contribution in [0.1, 0.15) is 46.2 Å². The summed E-state index contributed by atoms with van der Waals surface area (Å²) in [4.78, 5) is 37.6. The molecule has 0 saturated heterocycles. The molecule has 2 heterocycles. The Kier molecular flexibility index (Phi) is 7.09. The van der Waals surface area contributed by atoms with Gasteiger partial charge in [0.15, 0.2) is 5.88 Å². The number of hydrogen-bond acceptors (Lipinski definition) is 8. The van der Waals surface area contributed by atoms with Crippen LogP contribution in [0.15, 0.2) is 45.4 Å². The van der Waals surface area contributed by atoms with Gasteiger partial charge in [0.1, 0.15) is 5.76 Å². The van der Waals surface area contributed by atoms with Gasteiger partial charge in [-0.2, -0.15) is 20.6 Å². The lowest BCUT2D eigenvalue weighted by molar-refractivity contribution is -0.114. The maximum Gasteiger partial charge on any atom is 0.335 e. The summed E-state index contributed by atoms with van der Waals surface area (Å²) in [7, 11) is 0. The predicted octanol–water partition coefficient (Wildman–Crippen LogP) is 3.12. The average molecular weight is 461 g/mol. The second kappa shape index (κ2) is 10.1. The van der Waals surface area contributed by atoms with Crippen LogP contribution in [0.4, 0.5) is 11.6 Å². The molecule has 1 aliphatic rings. The van der Waals surface area contributed by atoms with Crippen molar-refractivity contribution in [3.63, 3.8) is 0 Å². The number of carbonyl (C=O) groups is 3. The van der Waals surface area contributed by atoms with E-state index >= 15 is 0 Å². The number of aromatic carboxylic acids is 2. The molecule has 2 N–H and O–H groups in total. The van der Waals surface area contributed by atoms with Crippen LogP contribution in [-0.4, -0.2) is 46.9 Å². The molecule has 1 aromatic carbocycles. The molecule has 34 heavy (non-hydrogen) atoms. The molecule has 1 aromatic heterocycles. The van der Waals surface area contributed by atoms with Crippen LogP contribution < -0.4 is 9.91 Å². The summed E-state index contributed by atoms with van der Waals surface area (Å²) in [5, 5.41) is 41.4.